The molecule has 1 amide bonds. The predicted octanol–water partition coefficient (Wildman–Crippen LogP) is 3.58. The number of anilines is 1. The molecule has 1 N–H and O–H groups in total. The van der Waals surface area contributed by atoms with Gasteiger partial charge in [-0.3, -0.25) is 9.69 Å². The fourth-order valence-corrected chi connectivity index (χ4v) is 2.80. The van der Waals surface area contributed by atoms with E-state index < -0.39 is 0 Å². The highest BCUT2D eigenvalue weighted by molar-refractivity contribution is 7.10. The first kappa shape index (κ1) is 16.4. The van der Waals surface area contributed by atoms with Gasteiger partial charge in [0.1, 0.15) is 10.8 Å². The Morgan fingerprint density at radius 3 is 2.96 bits per heavy atom. The minimum absolute atomic E-state index is 0.153. The molecular weight excluding hydrogens is 324 g/mol. The Bertz CT molecular complexity index is 787. The van der Waals surface area contributed by atoms with E-state index in [9.17, 15) is 4.79 Å². The molecule has 0 radical (unpaired) electrons. The minimum atomic E-state index is -0.162. The molecule has 1 aromatic carbocycles. The van der Waals surface area contributed by atoms with Crippen LogP contribution in [0.4, 0.5) is 5.00 Å². The molecule has 7 heteroatoms. The van der Waals surface area contributed by atoms with Crippen LogP contribution in [0.25, 0.3) is 0 Å². The third-order valence-electron chi connectivity index (χ3n) is 3.84. The number of benzene rings is 1. The van der Waals surface area contributed by atoms with Gasteiger partial charge in [0, 0.05) is 23.6 Å². The second kappa shape index (κ2) is 7.37. The zero-order valence-electron chi connectivity index (χ0n) is 13.5. The molecule has 6 nitrogen and oxygen atoms in total. The first-order valence-electron chi connectivity index (χ1n) is 7.55. The molecular formula is C17H18N4O2S. The van der Waals surface area contributed by atoms with Crippen molar-refractivity contribution < 1.29 is 9.21 Å². The molecule has 0 aliphatic rings. The third-order valence-corrected chi connectivity index (χ3v) is 4.42. The normalized spacial score (nSPS) is 12.3. The number of furan rings is 1. The quantitative estimate of drug-likeness (QED) is 0.741. The van der Waals surface area contributed by atoms with Crippen LogP contribution in [0.2, 0.25) is 0 Å². The maximum absolute atomic E-state index is 12.3. The number of hydrogen-bond acceptors (Lipinski definition) is 6. The zero-order valence-corrected chi connectivity index (χ0v) is 14.3. The summed E-state index contributed by atoms with van der Waals surface area (Å²) in [6, 6.07) is 11.6. The fraction of sp³-hybridized carbons (Fsp3) is 0.235. The summed E-state index contributed by atoms with van der Waals surface area (Å²) in [7, 11) is 2.03. The summed E-state index contributed by atoms with van der Waals surface area (Å²) < 4.78 is 9.19. The highest BCUT2D eigenvalue weighted by Gasteiger charge is 2.15. The van der Waals surface area contributed by atoms with Gasteiger partial charge in [0.25, 0.3) is 5.91 Å². The van der Waals surface area contributed by atoms with Crippen LogP contribution < -0.4 is 5.32 Å². The maximum atomic E-state index is 12.3. The molecule has 2 heterocycles. The smallest absolute Gasteiger partial charge is 0.256 e. The van der Waals surface area contributed by atoms with Gasteiger partial charge in [-0.1, -0.05) is 16.6 Å². The lowest BCUT2D eigenvalue weighted by atomic mass is 10.1. The van der Waals surface area contributed by atoms with E-state index >= 15 is 0 Å². The van der Waals surface area contributed by atoms with Gasteiger partial charge in [-0.05, 0) is 43.8 Å². The summed E-state index contributed by atoms with van der Waals surface area (Å²) >= 11 is 1.15. The van der Waals surface area contributed by atoms with E-state index in [0.717, 1.165) is 22.9 Å². The van der Waals surface area contributed by atoms with Gasteiger partial charge in [-0.25, -0.2) is 0 Å². The summed E-state index contributed by atoms with van der Waals surface area (Å²) in [4.78, 5) is 14.5. The molecule has 0 aliphatic carbocycles. The number of carbonyl (C=O) groups excluding carboxylic acids is 1. The van der Waals surface area contributed by atoms with Crippen molar-refractivity contribution in [2.75, 3.05) is 12.4 Å². The summed E-state index contributed by atoms with van der Waals surface area (Å²) in [6.07, 6.45) is 3.21. The molecule has 2 aromatic heterocycles. The summed E-state index contributed by atoms with van der Waals surface area (Å²) in [5.41, 5.74) is 1.67. The van der Waals surface area contributed by atoms with Gasteiger partial charge in [0.15, 0.2) is 0 Å². The second-order valence-electron chi connectivity index (χ2n) is 5.54. The van der Waals surface area contributed by atoms with Crippen LogP contribution in [-0.4, -0.2) is 27.4 Å². The number of hydrogen-bond donors (Lipinski definition) is 1. The van der Waals surface area contributed by atoms with Crippen molar-refractivity contribution in [3.8, 4) is 0 Å². The molecule has 24 heavy (non-hydrogen) atoms. The van der Waals surface area contributed by atoms with Crippen molar-refractivity contribution in [2.45, 2.75) is 19.5 Å². The van der Waals surface area contributed by atoms with E-state index in [-0.39, 0.29) is 11.9 Å². The van der Waals surface area contributed by atoms with Crippen molar-refractivity contribution >= 4 is 22.4 Å². The standard InChI is InChI=1S/C17H18N4O2S/c1-12(15-7-4-8-23-15)21(2)11-13-5-3-6-14(9-13)17(22)19-16-10-18-20-24-16/h3-10,12H,11H2,1-2H3,(H,19,22)/t12-/m0/s1. The Morgan fingerprint density at radius 1 is 1.38 bits per heavy atom. The molecule has 0 bridgehead atoms. The molecule has 0 aliphatic heterocycles. The Kier molecular flexibility index (Phi) is 5.02. The zero-order chi connectivity index (χ0) is 16.9. The topological polar surface area (TPSA) is 71.3 Å². The summed E-state index contributed by atoms with van der Waals surface area (Å²) in [6.45, 7) is 2.80. The molecule has 0 spiro atoms. The minimum Gasteiger partial charge on any atom is -0.468 e. The highest BCUT2D eigenvalue weighted by Crippen LogP contribution is 2.21. The third kappa shape index (κ3) is 3.87. The monoisotopic (exact) mass is 342 g/mol. The van der Waals surface area contributed by atoms with E-state index in [2.05, 4.69) is 26.7 Å². The highest BCUT2D eigenvalue weighted by atomic mass is 32.1. The number of aromatic nitrogens is 2. The second-order valence-corrected chi connectivity index (χ2v) is 6.33. The van der Waals surface area contributed by atoms with Crippen LogP contribution in [0.3, 0.4) is 0 Å². The molecule has 0 saturated carbocycles. The van der Waals surface area contributed by atoms with Gasteiger partial charge in [-0.15, -0.1) is 5.10 Å². The molecule has 124 valence electrons. The first-order chi connectivity index (χ1) is 11.6. The SMILES string of the molecule is C[C@@H](c1ccco1)N(C)Cc1cccc(C(=O)Nc2cnns2)c1. The van der Waals surface area contributed by atoms with E-state index in [0.29, 0.717) is 17.1 Å². The molecule has 1 atom stereocenters. The van der Waals surface area contributed by atoms with Crippen molar-refractivity contribution in [2.24, 2.45) is 0 Å². The Morgan fingerprint density at radius 2 is 2.25 bits per heavy atom. The molecule has 3 aromatic rings. The lowest BCUT2D eigenvalue weighted by molar-refractivity contribution is 0.102. The van der Waals surface area contributed by atoms with Crippen LogP contribution in [0.5, 0.6) is 0 Å². The lowest BCUT2D eigenvalue weighted by Gasteiger charge is -2.23. The van der Waals surface area contributed by atoms with Crippen LogP contribution >= 0.6 is 11.5 Å². The first-order valence-corrected chi connectivity index (χ1v) is 8.32. The average Bonchev–Trinajstić information content (AvgIpc) is 3.28. The largest absolute Gasteiger partial charge is 0.468 e. The van der Waals surface area contributed by atoms with Crippen LogP contribution in [0.15, 0.2) is 53.3 Å². The Hall–Kier alpha value is -2.51. The van der Waals surface area contributed by atoms with Gasteiger partial charge < -0.3 is 9.73 Å². The Balaban J connectivity index is 1.67. The van der Waals surface area contributed by atoms with Crippen molar-refractivity contribution in [1.29, 1.82) is 0 Å². The molecule has 3 rings (SSSR count). The number of nitrogens with zero attached hydrogens (tertiary/aromatic N) is 3. The average molecular weight is 342 g/mol. The van der Waals surface area contributed by atoms with E-state index in [1.165, 1.54) is 6.20 Å². The van der Waals surface area contributed by atoms with Crippen molar-refractivity contribution in [3.05, 3.63) is 65.7 Å². The summed E-state index contributed by atoms with van der Waals surface area (Å²) in [5, 5.41) is 7.13. The Labute approximate surface area is 144 Å². The molecule has 0 saturated heterocycles. The van der Waals surface area contributed by atoms with Gasteiger partial charge in [0.05, 0.1) is 18.5 Å². The number of amides is 1. The van der Waals surface area contributed by atoms with Crippen LogP contribution in [0, 0.1) is 0 Å². The van der Waals surface area contributed by atoms with Gasteiger partial charge in [0.2, 0.25) is 0 Å². The van der Waals surface area contributed by atoms with Crippen LogP contribution in [0.1, 0.15) is 34.6 Å². The number of carbonyl (C=O) groups is 1. The van der Waals surface area contributed by atoms with Crippen molar-refractivity contribution in [1.82, 2.24) is 14.5 Å². The van der Waals surface area contributed by atoms with Crippen LogP contribution in [-0.2, 0) is 6.54 Å². The molecule has 0 unspecified atom stereocenters. The number of rotatable bonds is 6. The van der Waals surface area contributed by atoms with E-state index in [4.69, 9.17) is 4.42 Å². The fourth-order valence-electron chi connectivity index (χ4n) is 2.39. The van der Waals surface area contributed by atoms with Gasteiger partial charge >= 0.3 is 0 Å². The van der Waals surface area contributed by atoms with E-state index in [1.54, 1.807) is 12.3 Å². The number of nitrogens with one attached hydrogen (secondary N) is 1. The predicted molar refractivity (Wildman–Crippen MR) is 92.9 cm³/mol. The lowest BCUT2D eigenvalue weighted by Crippen LogP contribution is -2.22. The maximum Gasteiger partial charge on any atom is 0.256 e. The van der Waals surface area contributed by atoms with E-state index in [1.807, 2.05) is 37.4 Å². The van der Waals surface area contributed by atoms with Crippen molar-refractivity contribution in [3.63, 3.8) is 0 Å². The molecule has 0 fully saturated rings. The summed E-state index contributed by atoms with van der Waals surface area (Å²) in [5.74, 6) is 0.758. The van der Waals surface area contributed by atoms with Gasteiger partial charge in [-0.2, -0.15) is 0 Å².